The average Bonchev–Trinajstić information content (AvgIpc) is 2.36. The van der Waals surface area contributed by atoms with E-state index in [0.717, 1.165) is 6.54 Å². The second kappa shape index (κ2) is 7.45. The number of amides is 1. The van der Waals surface area contributed by atoms with Gasteiger partial charge in [0.15, 0.2) is 0 Å². The first-order valence-electron chi connectivity index (χ1n) is 6.78. The number of hydrogen-bond donors (Lipinski definition) is 2. The molecule has 3 N–H and O–H groups in total. The lowest BCUT2D eigenvalue weighted by atomic mass is 10.2. The van der Waals surface area contributed by atoms with Crippen LogP contribution in [0.15, 0.2) is 12.3 Å². The van der Waals surface area contributed by atoms with Crippen LogP contribution in [0.5, 0.6) is 0 Å². The Morgan fingerprint density at radius 2 is 2.00 bits per heavy atom. The summed E-state index contributed by atoms with van der Waals surface area (Å²) in [6.45, 7) is 9.90. The standard InChI is InChI=1S/C14H23ClN4O/c1-9(2)19(10(3)4)6-5-17-14(20)12-7-11(16)8-18-13(12)15/h7-10H,5-6,16H2,1-4H3,(H,17,20). The van der Waals surface area contributed by atoms with E-state index in [1.165, 1.54) is 12.3 Å². The van der Waals surface area contributed by atoms with E-state index >= 15 is 0 Å². The van der Waals surface area contributed by atoms with E-state index < -0.39 is 0 Å². The largest absolute Gasteiger partial charge is 0.397 e. The molecule has 1 aromatic heterocycles. The molecule has 1 rings (SSSR count). The minimum Gasteiger partial charge on any atom is -0.397 e. The maximum absolute atomic E-state index is 12.0. The van der Waals surface area contributed by atoms with Crippen molar-refractivity contribution in [2.24, 2.45) is 0 Å². The van der Waals surface area contributed by atoms with Crippen LogP contribution in [0.25, 0.3) is 0 Å². The van der Waals surface area contributed by atoms with Gasteiger partial charge in [0.2, 0.25) is 0 Å². The first-order chi connectivity index (χ1) is 9.32. The molecule has 0 unspecified atom stereocenters. The number of anilines is 1. The number of carbonyl (C=O) groups is 1. The lowest BCUT2D eigenvalue weighted by Crippen LogP contribution is -2.42. The lowest BCUT2D eigenvalue weighted by molar-refractivity contribution is 0.0939. The van der Waals surface area contributed by atoms with Gasteiger partial charge in [-0.25, -0.2) is 4.98 Å². The van der Waals surface area contributed by atoms with E-state index in [0.29, 0.717) is 29.9 Å². The lowest BCUT2D eigenvalue weighted by Gasteiger charge is -2.30. The van der Waals surface area contributed by atoms with Gasteiger partial charge in [0.25, 0.3) is 5.91 Å². The van der Waals surface area contributed by atoms with Crippen molar-refractivity contribution in [2.75, 3.05) is 18.8 Å². The van der Waals surface area contributed by atoms with Crippen LogP contribution in [0.2, 0.25) is 5.15 Å². The Kier molecular flexibility index (Phi) is 6.23. The predicted octanol–water partition coefficient (Wildman–Crippen LogP) is 2.17. The van der Waals surface area contributed by atoms with Crippen molar-refractivity contribution in [1.29, 1.82) is 0 Å². The van der Waals surface area contributed by atoms with Crippen LogP contribution in [-0.4, -0.2) is 41.0 Å². The second-order valence-electron chi connectivity index (χ2n) is 5.29. The summed E-state index contributed by atoms with van der Waals surface area (Å²) in [7, 11) is 0. The van der Waals surface area contributed by atoms with Crippen molar-refractivity contribution < 1.29 is 4.79 Å². The normalized spacial score (nSPS) is 11.4. The number of nitrogen functional groups attached to an aromatic ring is 1. The molecule has 5 nitrogen and oxygen atoms in total. The fourth-order valence-corrected chi connectivity index (χ4v) is 2.32. The Morgan fingerprint density at radius 1 is 1.40 bits per heavy atom. The van der Waals surface area contributed by atoms with Gasteiger partial charge in [0.05, 0.1) is 17.4 Å². The third kappa shape index (κ3) is 4.65. The number of nitrogens with zero attached hydrogens (tertiary/aromatic N) is 2. The molecule has 0 fully saturated rings. The van der Waals surface area contributed by atoms with E-state index in [2.05, 4.69) is 42.9 Å². The van der Waals surface area contributed by atoms with Gasteiger partial charge in [-0.05, 0) is 33.8 Å². The van der Waals surface area contributed by atoms with Gasteiger partial charge in [0, 0.05) is 25.2 Å². The molecule has 0 aliphatic heterocycles. The minimum absolute atomic E-state index is 0.168. The summed E-state index contributed by atoms with van der Waals surface area (Å²) < 4.78 is 0. The fraction of sp³-hybridized carbons (Fsp3) is 0.571. The number of aromatic nitrogens is 1. The highest BCUT2D eigenvalue weighted by atomic mass is 35.5. The second-order valence-corrected chi connectivity index (χ2v) is 5.65. The Hall–Kier alpha value is -1.33. The number of hydrogen-bond acceptors (Lipinski definition) is 4. The molecule has 0 aromatic carbocycles. The Labute approximate surface area is 125 Å². The van der Waals surface area contributed by atoms with Gasteiger partial charge in [0.1, 0.15) is 5.15 Å². The van der Waals surface area contributed by atoms with Crippen molar-refractivity contribution in [3.63, 3.8) is 0 Å². The maximum Gasteiger partial charge on any atom is 0.254 e. The summed E-state index contributed by atoms with van der Waals surface area (Å²) in [6.07, 6.45) is 1.43. The molecule has 1 amide bonds. The number of halogens is 1. The summed E-state index contributed by atoms with van der Waals surface area (Å²) in [5.74, 6) is -0.248. The molecular weight excluding hydrogens is 276 g/mol. The smallest absolute Gasteiger partial charge is 0.254 e. The zero-order chi connectivity index (χ0) is 15.3. The molecule has 0 atom stereocenters. The summed E-state index contributed by atoms with van der Waals surface area (Å²) in [5.41, 5.74) is 6.35. The highest BCUT2D eigenvalue weighted by Gasteiger charge is 2.15. The number of pyridine rings is 1. The Balaban J connectivity index is 2.57. The molecule has 1 heterocycles. The summed E-state index contributed by atoms with van der Waals surface area (Å²) in [6, 6.07) is 2.40. The predicted molar refractivity (Wildman–Crippen MR) is 83.0 cm³/mol. The van der Waals surface area contributed by atoms with Gasteiger partial charge in [-0.15, -0.1) is 0 Å². The van der Waals surface area contributed by atoms with Gasteiger partial charge in [-0.1, -0.05) is 11.6 Å². The molecule has 6 heteroatoms. The molecule has 0 bridgehead atoms. The van der Waals surface area contributed by atoms with Crippen molar-refractivity contribution in [3.05, 3.63) is 23.0 Å². The van der Waals surface area contributed by atoms with Crippen molar-refractivity contribution in [2.45, 2.75) is 39.8 Å². The average molecular weight is 299 g/mol. The molecular formula is C14H23ClN4O. The van der Waals surface area contributed by atoms with Gasteiger partial charge in [-0.3, -0.25) is 9.69 Å². The van der Waals surface area contributed by atoms with Crippen molar-refractivity contribution in [1.82, 2.24) is 15.2 Å². The maximum atomic E-state index is 12.0. The summed E-state index contributed by atoms with van der Waals surface area (Å²) in [5, 5.41) is 3.01. The van der Waals surface area contributed by atoms with Gasteiger partial charge >= 0.3 is 0 Å². The number of nitrogens with one attached hydrogen (secondary N) is 1. The summed E-state index contributed by atoms with van der Waals surface area (Å²) >= 11 is 5.90. The first-order valence-corrected chi connectivity index (χ1v) is 7.15. The topological polar surface area (TPSA) is 71.2 Å². The first kappa shape index (κ1) is 16.7. The molecule has 112 valence electrons. The van der Waals surface area contributed by atoms with Crippen molar-refractivity contribution in [3.8, 4) is 0 Å². The zero-order valence-electron chi connectivity index (χ0n) is 12.5. The number of rotatable bonds is 6. The molecule has 0 aliphatic rings. The third-order valence-electron chi connectivity index (χ3n) is 3.09. The molecule has 0 radical (unpaired) electrons. The number of carbonyl (C=O) groups excluding carboxylic acids is 1. The van der Waals surface area contributed by atoms with E-state index in [9.17, 15) is 4.79 Å². The molecule has 0 spiro atoms. The van der Waals surface area contributed by atoms with Crippen LogP contribution in [0.4, 0.5) is 5.69 Å². The van der Waals surface area contributed by atoms with E-state index in [1.54, 1.807) is 0 Å². The van der Waals surface area contributed by atoms with Crippen LogP contribution < -0.4 is 11.1 Å². The van der Waals surface area contributed by atoms with E-state index in [4.69, 9.17) is 17.3 Å². The summed E-state index contributed by atoms with van der Waals surface area (Å²) in [4.78, 5) is 18.2. The minimum atomic E-state index is -0.248. The van der Waals surface area contributed by atoms with Gasteiger partial charge in [-0.2, -0.15) is 0 Å². The van der Waals surface area contributed by atoms with Crippen LogP contribution >= 0.6 is 11.6 Å². The highest BCUT2D eigenvalue weighted by Crippen LogP contribution is 2.15. The highest BCUT2D eigenvalue weighted by molar-refractivity contribution is 6.32. The van der Waals surface area contributed by atoms with Crippen LogP contribution in [0.3, 0.4) is 0 Å². The molecule has 0 saturated heterocycles. The van der Waals surface area contributed by atoms with Crippen molar-refractivity contribution >= 4 is 23.2 Å². The zero-order valence-corrected chi connectivity index (χ0v) is 13.2. The molecule has 1 aromatic rings. The van der Waals surface area contributed by atoms with Gasteiger partial charge < -0.3 is 11.1 Å². The molecule has 0 aliphatic carbocycles. The molecule has 0 saturated carbocycles. The Bertz CT molecular complexity index is 454. The van der Waals surface area contributed by atoms with Crippen LogP contribution in [-0.2, 0) is 0 Å². The molecule has 20 heavy (non-hydrogen) atoms. The number of nitrogens with two attached hydrogens (primary N) is 1. The van der Waals surface area contributed by atoms with E-state index in [1.807, 2.05) is 0 Å². The van der Waals surface area contributed by atoms with Crippen LogP contribution in [0, 0.1) is 0 Å². The van der Waals surface area contributed by atoms with E-state index in [-0.39, 0.29) is 11.1 Å². The quantitative estimate of drug-likeness (QED) is 0.790. The fourth-order valence-electron chi connectivity index (χ4n) is 2.13. The Morgan fingerprint density at radius 3 is 2.55 bits per heavy atom. The SMILES string of the molecule is CC(C)N(CCNC(=O)c1cc(N)cnc1Cl)C(C)C. The van der Waals surface area contributed by atoms with Crippen LogP contribution in [0.1, 0.15) is 38.1 Å². The third-order valence-corrected chi connectivity index (χ3v) is 3.39. The monoisotopic (exact) mass is 298 g/mol.